The molecule has 4 nitrogen and oxygen atoms in total. The van der Waals surface area contributed by atoms with E-state index in [9.17, 15) is 9.90 Å². The van der Waals surface area contributed by atoms with E-state index in [-0.39, 0.29) is 17.9 Å². The lowest BCUT2D eigenvalue weighted by atomic mass is 9.86. The van der Waals surface area contributed by atoms with Gasteiger partial charge in [0.1, 0.15) is 6.54 Å². The van der Waals surface area contributed by atoms with Crippen molar-refractivity contribution in [3.8, 4) is 0 Å². The lowest BCUT2D eigenvalue weighted by Crippen LogP contribution is -2.17. The second-order valence-electron chi connectivity index (χ2n) is 5.56. The largest absolute Gasteiger partial charge is 0.465 e. The van der Waals surface area contributed by atoms with Crippen LogP contribution in [-0.4, -0.2) is 24.2 Å². The first-order valence-electron chi connectivity index (χ1n) is 6.66. The number of fused-ring (bicyclic) bond motifs is 1. The van der Waals surface area contributed by atoms with Crippen LogP contribution in [0.4, 0.5) is 5.69 Å². The highest BCUT2D eigenvalue weighted by Crippen LogP contribution is 2.45. The molecule has 1 aliphatic carbocycles. The molecular formula is C15H21NO3. The number of rotatable bonds is 4. The summed E-state index contributed by atoms with van der Waals surface area (Å²) in [5.74, 6) is -0.274. The van der Waals surface area contributed by atoms with E-state index >= 15 is 0 Å². The van der Waals surface area contributed by atoms with Gasteiger partial charge >= 0.3 is 5.97 Å². The van der Waals surface area contributed by atoms with Gasteiger partial charge in [0.2, 0.25) is 0 Å². The molecule has 0 spiro atoms. The van der Waals surface area contributed by atoms with Gasteiger partial charge in [-0.3, -0.25) is 4.79 Å². The van der Waals surface area contributed by atoms with Gasteiger partial charge < -0.3 is 15.2 Å². The van der Waals surface area contributed by atoms with Gasteiger partial charge in [-0.05, 0) is 42.0 Å². The highest BCUT2D eigenvalue weighted by atomic mass is 16.5. The Morgan fingerprint density at radius 3 is 2.95 bits per heavy atom. The molecular weight excluding hydrogens is 242 g/mol. The zero-order valence-corrected chi connectivity index (χ0v) is 11.7. The van der Waals surface area contributed by atoms with Crippen molar-refractivity contribution in [1.29, 1.82) is 0 Å². The van der Waals surface area contributed by atoms with Gasteiger partial charge in [0.15, 0.2) is 0 Å². The first-order chi connectivity index (χ1) is 8.94. The lowest BCUT2D eigenvalue weighted by Gasteiger charge is -2.18. The summed E-state index contributed by atoms with van der Waals surface area (Å²) in [6.45, 7) is 6.58. The Labute approximate surface area is 113 Å². The molecule has 2 N–H and O–H groups in total. The maximum atomic E-state index is 11.3. The predicted octanol–water partition coefficient (Wildman–Crippen LogP) is 2.38. The molecule has 1 aromatic carbocycles. The van der Waals surface area contributed by atoms with Crippen LogP contribution in [-0.2, 0) is 14.9 Å². The average molecular weight is 263 g/mol. The van der Waals surface area contributed by atoms with Crippen molar-refractivity contribution < 1.29 is 14.6 Å². The third-order valence-corrected chi connectivity index (χ3v) is 3.59. The minimum absolute atomic E-state index is 0.00835. The SMILES string of the molecule is CCOC(=O)CNc1ccc2c(c1)[C@@H](O)CC2(C)C. The highest BCUT2D eigenvalue weighted by molar-refractivity contribution is 5.75. The zero-order valence-electron chi connectivity index (χ0n) is 11.7. The Kier molecular flexibility index (Phi) is 3.80. The maximum absolute atomic E-state index is 11.3. The normalized spacial score (nSPS) is 19.9. The van der Waals surface area contributed by atoms with Crippen molar-refractivity contribution in [2.75, 3.05) is 18.5 Å². The zero-order chi connectivity index (χ0) is 14.0. The number of carbonyl (C=O) groups excluding carboxylic acids is 1. The molecule has 1 aliphatic rings. The first-order valence-corrected chi connectivity index (χ1v) is 6.66. The van der Waals surface area contributed by atoms with Crippen LogP contribution < -0.4 is 5.32 Å². The Balaban J connectivity index is 2.10. The van der Waals surface area contributed by atoms with Crippen LogP contribution in [0, 0.1) is 0 Å². The van der Waals surface area contributed by atoms with Gasteiger partial charge in [-0.15, -0.1) is 0 Å². The fraction of sp³-hybridized carbons (Fsp3) is 0.533. The lowest BCUT2D eigenvalue weighted by molar-refractivity contribution is -0.140. The molecule has 0 heterocycles. The third-order valence-electron chi connectivity index (χ3n) is 3.59. The molecule has 0 unspecified atom stereocenters. The minimum atomic E-state index is -0.422. The van der Waals surface area contributed by atoms with Crippen molar-refractivity contribution in [3.63, 3.8) is 0 Å². The van der Waals surface area contributed by atoms with Gasteiger partial charge in [-0.25, -0.2) is 0 Å². The fourth-order valence-corrected chi connectivity index (χ4v) is 2.65. The number of ether oxygens (including phenoxy) is 1. The smallest absolute Gasteiger partial charge is 0.325 e. The number of carbonyl (C=O) groups is 1. The molecule has 0 bridgehead atoms. The molecule has 1 aromatic rings. The summed E-state index contributed by atoms with van der Waals surface area (Å²) in [7, 11) is 0. The Morgan fingerprint density at radius 1 is 1.53 bits per heavy atom. The predicted molar refractivity (Wildman–Crippen MR) is 74.2 cm³/mol. The van der Waals surface area contributed by atoms with E-state index in [0.29, 0.717) is 6.61 Å². The van der Waals surface area contributed by atoms with Crippen LogP contribution in [0.3, 0.4) is 0 Å². The van der Waals surface area contributed by atoms with Crippen LogP contribution in [0.15, 0.2) is 18.2 Å². The summed E-state index contributed by atoms with van der Waals surface area (Å²) < 4.78 is 4.86. The van der Waals surface area contributed by atoms with Crippen LogP contribution in [0.2, 0.25) is 0 Å². The molecule has 2 rings (SSSR count). The Hall–Kier alpha value is -1.55. The highest BCUT2D eigenvalue weighted by Gasteiger charge is 2.35. The van der Waals surface area contributed by atoms with E-state index in [0.717, 1.165) is 17.7 Å². The molecule has 0 aromatic heterocycles. The Bertz CT molecular complexity index is 482. The Morgan fingerprint density at radius 2 is 2.26 bits per heavy atom. The summed E-state index contributed by atoms with van der Waals surface area (Å²) in [6.07, 6.45) is 0.318. The van der Waals surface area contributed by atoms with Crippen LogP contribution in [0.5, 0.6) is 0 Å². The van der Waals surface area contributed by atoms with Crippen molar-refractivity contribution in [3.05, 3.63) is 29.3 Å². The van der Waals surface area contributed by atoms with Crippen molar-refractivity contribution >= 4 is 11.7 Å². The van der Waals surface area contributed by atoms with Gasteiger partial charge in [0, 0.05) is 5.69 Å². The van der Waals surface area contributed by atoms with Gasteiger partial charge in [-0.2, -0.15) is 0 Å². The third kappa shape index (κ3) is 2.89. The topological polar surface area (TPSA) is 58.6 Å². The van der Waals surface area contributed by atoms with E-state index in [2.05, 4.69) is 19.2 Å². The molecule has 0 saturated heterocycles. The minimum Gasteiger partial charge on any atom is -0.465 e. The average Bonchev–Trinajstić information content (AvgIpc) is 2.57. The summed E-state index contributed by atoms with van der Waals surface area (Å²) in [5.41, 5.74) is 2.98. The second kappa shape index (κ2) is 5.21. The van der Waals surface area contributed by atoms with Crippen molar-refractivity contribution in [1.82, 2.24) is 0 Å². The molecule has 0 fully saturated rings. The number of aliphatic hydroxyl groups excluding tert-OH is 1. The van der Waals surface area contributed by atoms with Crippen LogP contribution in [0.25, 0.3) is 0 Å². The molecule has 104 valence electrons. The van der Waals surface area contributed by atoms with Gasteiger partial charge in [0.25, 0.3) is 0 Å². The number of hydrogen-bond acceptors (Lipinski definition) is 4. The quantitative estimate of drug-likeness (QED) is 0.819. The van der Waals surface area contributed by atoms with E-state index in [1.165, 1.54) is 5.56 Å². The van der Waals surface area contributed by atoms with Crippen molar-refractivity contribution in [2.24, 2.45) is 0 Å². The van der Waals surface area contributed by atoms with E-state index < -0.39 is 6.10 Å². The fourth-order valence-electron chi connectivity index (χ4n) is 2.65. The molecule has 4 heteroatoms. The van der Waals surface area contributed by atoms with Gasteiger partial charge in [0.05, 0.1) is 12.7 Å². The maximum Gasteiger partial charge on any atom is 0.325 e. The van der Waals surface area contributed by atoms with Gasteiger partial charge in [-0.1, -0.05) is 19.9 Å². The first kappa shape index (κ1) is 13.9. The molecule has 0 saturated carbocycles. The molecule has 0 aliphatic heterocycles. The summed E-state index contributed by atoms with van der Waals surface area (Å²) in [6, 6.07) is 5.89. The van der Waals surface area contributed by atoms with Crippen LogP contribution in [0.1, 0.15) is 44.4 Å². The molecule has 19 heavy (non-hydrogen) atoms. The summed E-state index contributed by atoms with van der Waals surface area (Å²) >= 11 is 0. The van der Waals surface area contributed by atoms with E-state index in [1.54, 1.807) is 6.92 Å². The van der Waals surface area contributed by atoms with E-state index in [4.69, 9.17) is 4.74 Å². The standard InChI is InChI=1S/C15H21NO3/c1-4-19-14(18)9-16-10-5-6-12-11(7-10)13(17)8-15(12,2)3/h5-7,13,16-17H,4,8-9H2,1-3H3/t13-/m0/s1. The van der Waals surface area contributed by atoms with Crippen molar-refractivity contribution in [2.45, 2.75) is 38.7 Å². The molecule has 1 atom stereocenters. The summed E-state index contributed by atoms with van der Waals surface area (Å²) in [5, 5.41) is 13.1. The number of nitrogens with one attached hydrogen (secondary N) is 1. The number of benzene rings is 1. The number of aliphatic hydroxyl groups is 1. The second-order valence-corrected chi connectivity index (χ2v) is 5.56. The number of anilines is 1. The van der Waals surface area contributed by atoms with E-state index in [1.807, 2.05) is 18.2 Å². The number of esters is 1. The summed E-state index contributed by atoms with van der Waals surface area (Å²) in [4.78, 5) is 11.3. The molecule has 0 radical (unpaired) electrons. The number of hydrogen-bond donors (Lipinski definition) is 2. The monoisotopic (exact) mass is 263 g/mol. The van der Waals surface area contributed by atoms with Crippen LogP contribution >= 0.6 is 0 Å². The molecule has 0 amide bonds.